The van der Waals surface area contributed by atoms with E-state index in [2.05, 4.69) is 0 Å². The minimum absolute atomic E-state index is 0.0890. The van der Waals surface area contributed by atoms with Crippen molar-refractivity contribution in [1.29, 1.82) is 0 Å². The van der Waals surface area contributed by atoms with Gasteiger partial charge in [0, 0.05) is 17.2 Å². The minimum atomic E-state index is -1.20. The van der Waals surface area contributed by atoms with Gasteiger partial charge in [-0.05, 0) is 19.3 Å². The second-order valence-corrected chi connectivity index (χ2v) is 5.54. The van der Waals surface area contributed by atoms with Crippen LogP contribution in [0.4, 0.5) is 0 Å². The average molecular weight is 231 g/mol. The number of carbonyl (C=O) groups excluding carboxylic acids is 1. The molecule has 15 heavy (non-hydrogen) atoms. The zero-order valence-corrected chi connectivity index (χ0v) is 9.03. The van der Waals surface area contributed by atoms with Gasteiger partial charge < -0.3 is 10.0 Å². The van der Waals surface area contributed by atoms with E-state index in [0.29, 0.717) is 12.8 Å². The quantitative estimate of drug-likeness (QED) is 0.685. The van der Waals surface area contributed by atoms with Gasteiger partial charge in [-0.2, -0.15) is 0 Å². The van der Waals surface area contributed by atoms with Crippen LogP contribution in [0.2, 0.25) is 0 Å². The number of hydrogen-bond acceptors (Lipinski definition) is 3. The summed E-state index contributed by atoms with van der Waals surface area (Å²) >= 11 is 0. The zero-order valence-electron chi connectivity index (χ0n) is 8.22. The SMILES string of the molecule is O=C(O)C1C[S@](=O)C2CCCCC(=O)N12. The number of nitrogens with zero attached hydrogens (tertiary/aromatic N) is 1. The molecular formula is C9H13NO4S. The minimum Gasteiger partial charge on any atom is -0.480 e. The maximum Gasteiger partial charge on any atom is 0.327 e. The molecule has 0 spiro atoms. The monoisotopic (exact) mass is 231 g/mol. The van der Waals surface area contributed by atoms with E-state index in [-0.39, 0.29) is 17.0 Å². The van der Waals surface area contributed by atoms with E-state index in [0.717, 1.165) is 12.8 Å². The van der Waals surface area contributed by atoms with Crippen LogP contribution >= 0.6 is 0 Å². The first kappa shape index (κ1) is 10.6. The molecule has 2 saturated heterocycles. The Morgan fingerprint density at radius 1 is 1.47 bits per heavy atom. The van der Waals surface area contributed by atoms with Crippen molar-refractivity contribution in [2.24, 2.45) is 0 Å². The van der Waals surface area contributed by atoms with Gasteiger partial charge in [-0.25, -0.2) is 4.79 Å². The van der Waals surface area contributed by atoms with E-state index in [4.69, 9.17) is 5.11 Å². The molecule has 2 aliphatic heterocycles. The van der Waals surface area contributed by atoms with Crippen molar-refractivity contribution in [1.82, 2.24) is 4.90 Å². The zero-order chi connectivity index (χ0) is 11.0. The fourth-order valence-corrected chi connectivity index (χ4v) is 3.98. The van der Waals surface area contributed by atoms with Crippen molar-refractivity contribution in [3.05, 3.63) is 0 Å². The summed E-state index contributed by atoms with van der Waals surface area (Å²) in [6, 6.07) is -0.874. The lowest BCUT2D eigenvalue weighted by molar-refractivity contribution is -0.148. The third-order valence-corrected chi connectivity index (χ3v) is 4.65. The molecule has 2 unspecified atom stereocenters. The van der Waals surface area contributed by atoms with Crippen molar-refractivity contribution < 1.29 is 18.9 Å². The molecule has 0 aliphatic carbocycles. The molecule has 0 aromatic carbocycles. The number of rotatable bonds is 1. The lowest BCUT2D eigenvalue weighted by atomic mass is 10.2. The summed E-state index contributed by atoms with van der Waals surface area (Å²) in [4.78, 5) is 24.0. The Kier molecular flexibility index (Phi) is 2.77. The van der Waals surface area contributed by atoms with Gasteiger partial charge in [0.15, 0.2) is 0 Å². The van der Waals surface area contributed by atoms with E-state index in [9.17, 15) is 13.8 Å². The van der Waals surface area contributed by atoms with E-state index in [1.54, 1.807) is 0 Å². The summed E-state index contributed by atoms with van der Waals surface area (Å²) in [5.74, 6) is -1.11. The van der Waals surface area contributed by atoms with Crippen molar-refractivity contribution >= 4 is 22.7 Å². The molecule has 1 N–H and O–H groups in total. The van der Waals surface area contributed by atoms with Gasteiger partial charge in [-0.15, -0.1) is 0 Å². The molecule has 0 bridgehead atoms. The van der Waals surface area contributed by atoms with Gasteiger partial charge in [0.05, 0.1) is 5.75 Å². The first-order chi connectivity index (χ1) is 7.11. The molecule has 5 nitrogen and oxygen atoms in total. The number of hydrogen-bond donors (Lipinski definition) is 1. The molecule has 2 aliphatic rings. The summed E-state index contributed by atoms with van der Waals surface area (Å²) in [7, 11) is -1.20. The second-order valence-electron chi connectivity index (χ2n) is 3.90. The summed E-state index contributed by atoms with van der Waals surface area (Å²) in [6.07, 6.45) is 2.68. The Labute approximate surface area is 89.9 Å². The lowest BCUT2D eigenvalue weighted by Crippen LogP contribution is -2.44. The van der Waals surface area contributed by atoms with Crippen LogP contribution in [0, 0.1) is 0 Å². The Morgan fingerprint density at radius 2 is 2.20 bits per heavy atom. The van der Waals surface area contributed by atoms with Gasteiger partial charge in [0.25, 0.3) is 0 Å². The Balaban J connectivity index is 2.29. The van der Waals surface area contributed by atoms with Crippen LogP contribution in [-0.2, 0) is 20.4 Å². The molecule has 2 heterocycles. The van der Waals surface area contributed by atoms with Crippen LogP contribution in [0.3, 0.4) is 0 Å². The largest absolute Gasteiger partial charge is 0.480 e. The fourth-order valence-electron chi connectivity index (χ4n) is 2.19. The molecule has 2 fully saturated rings. The molecule has 0 aromatic heterocycles. The first-order valence-electron chi connectivity index (χ1n) is 5.02. The molecule has 2 rings (SSSR count). The highest BCUT2D eigenvalue weighted by molar-refractivity contribution is 7.86. The van der Waals surface area contributed by atoms with Crippen LogP contribution in [0.1, 0.15) is 25.7 Å². The third kappa shape index (κ3) is 1.78. The average Bonchev–Trinajstić information content (AvgIpc) is 2.38. The maximum atomic E-state index is 11.7. The molecule has 1 amide bonds. The van der Waals surface area contributed by atoms with Crippen molar-refractivity contribution in [2.75, 3.05) is 5.75 Å². The first-order valence-corrected chi connectivity index (χ1v) is 6.40. The predicted molar refractivity (Wildman–Crippen MR) is 53.5 cm³/mol. The Morgan fingerprint density at radius 3 is 2.87 bits per heavy atom. The highest BCUT2D eigenvalue weighted by Gasteiger charge is 2.45. The molecule has 3 atom stereocenters. The molecule has 6 heteroatoms. The predicted octanol–water partition coefficient (Wildman–Crippen LogP) is -0.0694. The Bertz CT molecular complexity index is 330. The Hall–Kier alpha value is -0.910. The number of carboxylic acids is 1. The van der Waals surface area contributed by atoms with Gasteiger partial charge in [0.2, 0.25) is 5.91 Å². The number of carboxylic acid groups (broad SMARTS) is 1. The van der Waals surface area contributed by atoms with E-state index >= 15 is 0 Å². The summed E-state index contributed by atoms with van der Waals surface area (Å²) in [5, 5.41) is 8.59. The van der Waals surface area contributed by atoms with Gasteiger partial charge in [-0.1, -0.05) is 0 Å². The van der Waals surface area contributed by atoms with E-state index in [1.165, 1.54) is 4.90 Å². The number of amides is 1. The van der Waals surface area contributed by atoms with Crippen LogP contribution in [-0.4, -0.2) is 43.3 Å². The highest BCUT2D eigenvalue weighted by Crippen LogP contribution is 2.28. The topological polar surface area (TPSA) is 74.7 Å². The van der Waals surface area contributed by atoms with Crippen molar-refractivity contribution in [2.45, 2.75) is 37.1 Å². The van der Waals surface area contributed by atoms with Crippen LogP contribution in [0.15, 0.2) is 0 Å². The standard InChI is InChI=1S/C9H13NO4S/c11-7-3-1-2-4-8-10(7)6(9(12)13)5-15(8)14/h6,8H,1-5H2,(H,12,13)/t6?,8?,15-/m0/s1. The van der Waals surface area contributed by atoms with Crippen molar-refractivity contribution in [3.8, 4) is 0 Å². The third-order valence-electron chi connectivity index (χ3n) is 2.94. The van der Waals surface area contributed by atoms with Crippen molar-refractivity contribution in [3.63, 3.8) is 0 Å². The van der Waals surface area contributed by atoms with Gasteiger partial charge in [0.1, 0.15) is 11.4 Å². The maximum absolute atomic E-state index is 11.7. The van der Waals surface area contributed by atoms with Crippen LogP contribution < -0.4 is 0 Å². The van der Waals surface area contributed by atoms with Gasteiger partial charge in [-0.3, -0.25) is 9.00 Å². The summed E-state index contributed by atoms with van der Waals surface area (Å²) < 4.78 is 11.7. The summed E-state index contributed by atoms with van der Waals surface area (Å²) in [6.45, 7) is 0. The van der Waals surface area contributed by atoms with E-state index in [1.807, 2.05) is 0 Å². The number of fused-ring (bicyclic) bond motifs is 1. The highest BCUT2D eigenvalue weighted by atomic mass is 32.2. The fraction of sp³-hybridized carbons (Fsp3) is 0.778. The molecular weight excluding hydrogens is 218 g/mol. The van der Waals surface area contributed by atoms with Crippen LogP contribution in [0.5, 0.6) is 0 Å². The number of aliphatic carboxylic acids is 1. The molecule has 0 radical (unpaired) electrons. The smallest absolute Gasteiger partial charge is 0.327 e. The molecule has 0 saturated carbocycles. The van der Waals surface area contributed by atoms with Crippen LogP contribution in [0.25, 0.3) is 0 Å². The normalized spacial score (nSPS) is 36.1. The molecule has 84 valence electrons. The number of carbonyl (C=O) groups is 2. The van der Waals surface area contributed by atoms with Gasteiger partial charge >= 0.3 is 5.97 Å². The molecule has 0 aromatic rings. The second kappa shape index (κ2) is 3.92. The van der Waals surface area contributed by atoms with E-state index < -0.39 is 22.8 Å². The lowest BCUT2D eigenvalue weighted by Gasteiger charge is -2.24. The summed E-state index contributed by atoms with van der Waals surface area (Å²) in [5.41, 5.74) is 0.